The average Bonchev–Trinajstić information content (AvgIpc) is 2.83. The lowest BCUT2D eigenvalue weighted by atomic mass is 10.1. The van der Waals surface area contributed by atoms with Gasteiger partial charge in [-0.25, -0.2) is 0 Å². The Balaban J connectivity index is 0.00000133. The summed E-state index contributed by atoms with van der Waals surface area (Å²) in [7, 11) is 0. The van der Waals surface area contributed by atoms with Crippen molar-refractivity contribution in [1.82, 2.24) is 10.2 Å². The molecule has 2 unspecified atom stereocenters. The van der Waals surface area contributed by atoms with Gasteiger partial charge in [0.25, 0.3) is 0 Å². The normalized spacial score (nSPS) is 26.0. The maximum atomic E-state index is 5.57. The summed E-state index contributed by atoms with van der Waals surface area (Å²) in [5, 5.41) is 3.50. The maximum absolute atomic E-state index is 5.57. The number of piperazine rings is 1. The summed E-state index contributed by atoms with van der Waals surface area (Å²) in [5.41, 5.74) is 1.23. The van der Waals surface area contributed by atoms with Crippen LogP contribution in [0.1, 0.15) is 19.4 Å². The second-order valence-corrected chi connectivity index (χ2v) is 5.24. The first kappa shape index (κ1) is 14.4. The third-order valence-electron chi connectivity index (χ3n) is 3.75. The van der Waals surface area contributed by atoms with Crippen LogP contribution in [0.5, 0.6) is 11.5 Å². The molecule has 1 N–H and O–H groups in total. The zero-order valence-corrected chi connectivity index (χ0v) is 12.2. The number of nitrogens with zero attached hydrogens (tertiary/aromatic N) is 1. The fourth-order valence-electron chi connectivity index (χ4n) is 2.65. The predicted molar refractivity (Wildman–Crippen MR) is 77.1 cm³/mol. The Morgan fingerprint density at radius 1 is 1.32 bits per heavy atom. The van der Waals surface area contributed by atoms with Crippen molar-refractivity contribution < 1.29 is 9.47 Å². The Hall–Kier alpha value is -0.970. The van der Waals surface area contributed by atoms with E-state index in [1.807, 2.05) is 12.1 Å². The number of hydrogen-bond donors (Lipinski definition) is 1. The standard InChI is InChI=1S/C14H20N2O2.ClH/c1-10-7-16(11(2)6-15-10)8-12-4-3-5-13-14(12)18-9-17-13;/h3-5,10-11,15H,6-9H2,1-2H3;1H. The van der Waals surface area contributed by atoms with E-state index < -0.39 is 0 Å². The Bertz CT molecular complexity index is 441. The van der Waals surface area contributed by atoms with Gasteiger partial charge in [-0.15, -0.1) is 12.4 Å². The summed E-state index contributed by atoms with van der Waals surface area (Å²) in [5.74, 6) is 1.80. The number of nitrogens with one attached hydrogen (secondary N) is 1. The summed E-state index contributed by atoms with van der Waals surface area (Å²) in [6.07, 6.45) is 0. The number of ether oxygens (including phenoxy) is 2. The van der Waals surface area contributed by atoms with Crippen LogP contribution in [0, 0.1) is 0 Å². The van der Waals surface area contributed by atoms with Crippen LogP contribution in [-0.4, -0.2) is 36.9 Å². The van der Waals surface area contributed by atoms with Gasteiger partial charge in [0.1, 0.15) is 0 Å². The molecule has 1 saturated heterocycles. The van der Waals surface area contributed by atoms with Crippen molar-refractivity contribution in [3.8, 4) is 11.5 Å². The van der Waals surface area contributed by atoms with Crippen molar-refractivity contribution in [2.75, 3.05) is 19.9 Å². The number of rotatable bonds is 2. The van der Waals surface area contributed by atoms with Gasteiger partial charge in [-0.3, -0.25) is 4.90 Å². The molecular formula is C14H21ClN2O2. The second kappa shape index (κ2) is 5.99. The van der Waals surface area contributed by atoms with E-state index in [9.17, 15) is 0 Å². The zero-order chi connectivity index (χ0) is 12.5. The molecule has 0 aliphatic carbocycles. The van der Waals surface area contributed by atoms with Crippen molar-refractivity contribution >= 4 is 12.4 Å². The molecule has 1 aromatic carbocycles. The lowest BCUT2D eigenvalue weighted by molar-refractivity contribution is 0.135. The minimum absolute atomic E-state index is 0. The van der Waals surface area contributed by atoms with Gasteiger partial charge in [0, 0.05) is 37.3 Å². The number of fused-ring (bicyclic) bond motifs is 1. The smallest absolute Gasteiger partial charge is 0.231 e. The van der Waals surface area contributed by atoms with E-state index in [0.717, 1.165) is 31.1 Å². The highest BCUT2D eigenvalue weighted by Gasteiger charge is 2.25. The fraction of sp³-hybridized carbons (Fsp3) is 0.571. The summed E-state index contributed by atoms with van der Waals surface area (Å²) < 4.78 is 11.0. The van der Waals surface area contributed by atoms with Crippen LogP contribution in [-0.2, 0) is 6.54 Å². The van der Waals surface area contributed by atoms with Crippen LogP contribution in [0.4, 0.5) is 0 Å². The molecule has 1 fully saturated rings. The molecule has 0 spiro atoms. The van der Waals surface area contributed by atoms with E-state index in [2.05, 4.69) is 30.1 Å². The minimum Gasteiger partial charge on any atom is -0.454 e. The van der Waals surface area contributed by atoms with Gasteiger partial charge in [0.05, 0.1) is 0 Å². The van der Waals surface area contributed by atoms with Crippen molar-refractivity contribution in [2.45, 2.75) is 32.5 Å². The first-order valence-electron chi connectivity index (χ1n) is 6.59. The number of benzene rings is 1. The van der Waals surface area contributed by atoms with Crippen molar-refractivity contribution in [3.05, 3.63) is 23.8 Å². The first-order valence-corrected chi connectivity index (χ1v) is 6.59. The molecule has 0 bridgehead atoms. The fourth-order valence-corrected chi connectivity index (χ4v) is 2.65. The quantitative estimate of drug-likeness (QED) is 0.901. The van der Waals surface area contributed by atoms with Crippen LogP contribution in [0.2, 0.25) is 0 Å². The summed E-state index contributed by atoms with van der Waals surface area (Å²) >= 11 is 0. The van der Waals surface area contributed by atoms with Crippen LogP contribution < -0.4 is 14.8 Å². The zero-order valence-electron chi connectivity index (χ0n) is 11.4. The Kier molecular flexibility index (Phi) is 4.55. The molecule has 0 radical (unpaired) electrons. The van der Waals surface area contributed by atoms with E-state index in [4.69, 9.17) is 9.47 Å². The van der Waals surface area contributed by atoms with Crippen LogP contribution in [0.15, 0.2) is 18.2 Å². The van der Waals surface area contributed by atoms with Crippen molar-refractivity contribution in [3.63, 3.8) is 0 Å². The molecule has 2 heterocycles. The van der Waals surface area contributed by atoms with E-state index in [1.165, 1.54) is 5.56 Å². The molecule has 19 heavy (non-hydrogen) atoms. The van der Waals surface area contributed by atoms with E-state index >= 15 is 0 Å². The Morgan fingerprint density at radius 3 is 3.00 bits per heavy atom. The molecule has 2 aliphatic rings. The highest BCUT2D eigenvalue weighted by molar-refractivity contribution is 5.85. The second-order valence-electron chi connectivity index (χ2n) is 5.24. The average molecular weight is 285 g/mol. The monoisotopic (exact) mass is 284 g/mol. The van der Waals surface area contributed by atoms with Crippen LogP contribution >= 0.6 is 12.4 Å². The van der Waals surface area contributed by atoms with Crippen molar-refractivity contribution in [1.29, 1.82) is 0 Å². The molecule has 0 amide bonds. The van der Waals surface area contributed by atoms with E-state index in [-0.39, 0.29) is 12.4 Å². The largest absolute Gasteiger partial charge is 0.454 e. The molecule has 2 atom stereocenters. The van der Waals surface area contributed by atoms with Gasteiger partial charge in [-0.2, -0.15) is 0 Å². The highest BCUT2D eigenvalue weighted by Crippen LogP contribution is 2.36. The third kappa shape index (κ3) is 2.96. The Labute approximate surface area is 120 Å². The number of hydrogen-bond acceptors (Lipinski definition) is 4. The minimum atomic E-state index is 0. The van der Waals surface area contributed by atoms with Gasteiger partial charge in [-0.1, -0.05) is 12.1 Å². The van der Waals surface area contributed by atoms with Gasteiger partial charge in [0.2, 0.25) is 6.79 Å². The first-order chi connectivity index (χ1) is 8.74. The van der Waals surface area contributed by atoms with E-state index in [0.29, 0.717) is 18.9 Å². The van der Waals surface area contributed by atoms with Crippen LogP contribution in [0.25, 0.3) is 0 Å². The molecule has 1 aromatic rings. The topological polar surface area (TPSA) is 33.7 Å². The number of halogens is 1. The van der Waals surface area contributed by atoms with Crippen molar-refractivity contribution in [2.24, 2.45) is 0 Å². The number of para-hydroxylation sites is 1. The molecule has 3 rings (SSSR count). The highest BCUT2D eigenvalue weighted by atomic mass is 35.5. The molecule has 2 aliphatic heterocycles. The van der Waals surface area contributed by atoms with Gasteiger partial charge in [0.15, 0.2) is 11.5 Å². The lowest BCUT2D eigenvalue weighted by Crippen LogP contribution is -2.53. The molecule has 106 valence electrons. The molecule has 0 aromatic heterocycles. The van der Waals surface area contributed by atoms with Gasteiger partial charge < -0.3 is 14.8 Å². The molecule has 0 saturated carbocycles. The summed E-state index contributed by atoms with van der Waals surface area (Å²) in [4.78, 5) is 2.50. The lowest BCUT2D eigenvalue weighted by Gasteiger charge is -2.37. The molecule has 5 heteroatoms. The van der Waals surface area contributed by atoms with E-state index in [1.54, 1.807) is 0 Å². The third-order valence-corrected chi connectivity index (χ3v) is 3.75. The maximum Gasteiger partial charge on any atom is 0.231 e. The molecule has 4 nitrogen and oxygen atoms in total. The van der Waals surface area contributed by atoms with Gasteiger partial charge in [-0.05, 0) is 19.9 Å². The van der Waals surface area contributed by atoms with Gasteiger partial charge >= 0.3 is 0 Å². The molecular weight excluding hydrogens is 264 g/mol. The summed E-state index contributed by atoms with van der Waals surface area (Å²) in [6, 6.07) is 7.25. The summed E-state index contributed by atoms with van der Waals surface area (Å²) in [6.45, 7) is 7.89. The predicted octanol–water partition coefficient (Wildman–Crippen LogP) is 2.02. The Morgan fingerprint density at radius 2 is 2.16 bits per heavy atom. The van der Waals surface area contributed by atoms with Crippen LogP contribution in [0.3, 0.4) is 0 Å². The SMILES string of the molecule is CC1CN(Cc2cccc3c2OCO3)C(C)CN1.Cl.